The fourth-order valence-electron chi connectivity index (χ4n) is 2.26. The second-order valence-corrected chi connectivity index (χ2v) is 6.02. The van der Waals surface area contributed by atoms with Gasteiger partial charge in [0.05, 0.1) is 17.5 Å². The molecule has 1 aliphatic rings. The number of amides is 1. The second-order valence-electron chi connectivity index (χ2n) is 5.04. The molecule has 1 fully saturated rings. The predicted molar refractivity (Wildman–Crippen MR) is 75.0 cm³/mol. The predicted octanol–water partition coefficient (Wildman–Crippen LogP) is 3.21. The number of hydrogen-bond donors (Lipinski definition) is 1. The Kier molecular flexibility index (Phi) is 5.85. The van der Waals surface area contributed by atoms with Gasteiger partial charge in [-0.25, -0.2) is 8.78 Å². The number of hydrogen-bond acceptors (Lipinski definition) is 3. The molecular weight excluding hydrogens is 341 g/mol. The standard InChI is InChI=1S/C14H14F5NO2S/c15-9-2-1-8(5-10(9)16)13-11(3-4-22-13)20-12(21)6-23-7-14(17,18)19/h1-2,5,11,13H,3-4,6-7H2,(H,20,21)/t11-,13+/m1/s1. The molecule has 0 bridgehead atoms. The van der Waals surface area contributed by atoms with Gasteiger partial charge in [-0.15, -0.1) is 11.8 Å². The van der Waals surface area contributed by atoms with E-state index in [1.54, 1.807) is 0 Å². The fraction of sp³-hybridized carbons (Fsp3) is 0.500. The van der Waals surface area contributed by atoms with Gasteiger partial charge >= 0.3 is 6.18 Å². The van der Waals surface area contributed by atoms with Gasteiger partial charge < -0.3 is 10.1 Å². The minimum absolute atomic E-state index is 0.310. The van der Waals surface area contributed by atoms with Crippen molar-refractivity contribution < 1.29 is 31.5 Å². The lowest BCUT2D eigenvalue weighted by Gasteiger charge is -2.20. The number of thioether (sulfide) groups is 1. The van der Waals surface area contributed by atoms with Crippen molar-refractivity contribution in [2.75, 3.05) is 18.1 Å². The molecule has 9 heteroatoms. The largest absolute Gasteiger partial charge is 0.397 e. The molecule has 1 saturated heterocycles. The number of carbonyl (C=O) groups excluding carboxylic acids is 1. The van der Waals surface area contributed by atoms with Crippen molar-refractivity contribution in [1.29, 1.82) is 0 Å². The van der Waals surface area contributed by atoms with E-state index in [4.69, 9.17) is 4.74 Å². The fourth-order valence-corrected chi connectivity index (χ4v) is 2.87. The van der Waals surface area contributed by atoms with E-state index in [1.165, 1.54) is 6.07 Å². The summed E-state index contributed by atoms with van der Waals surface area (Å²) < 4.78 is 67.7. The van der Waals surface area contributed by atoms with Gasteiger partial charge in [-0.05, 0) is 24.1 Å². The number of alkyl halides is 3. The van der Waals surface area contributed by atoms with Crippen molar-refractivity contribution >= 4 is 17.7 Å². The lowest BCUT2D eigenvalue weighted by atomic mass is 10.0. The molecule has 0 saturated carbocycles. The molecule has 0 spiro atoms. The molecule has 128 valence electrons. The molecule has 2 rings (SSSR count). The van der Waals surface area contributed by atoms with Crippen molar-refractivity contribution in [3.05, 3.63) is 35.4 Å². The first kappa shape index (κ1) is 18.0. The summed E-state index contributed by atoms with van der Waals surface area (Å²) in [6, 6.07) is 2.82. The summed E-state index contributed by atoms with van der Waals surface area (Å²) in [6.07, 6.45) is -4.53. The van der Waals surface area contributed by atoms with Crippen LogP contribution in [0.1, 0.15) is 18.1 Å². The Bertz CT molecular complexity index is 567. The minimum Gasteiger partial charge on any atom is -0.371 e. The molecule has 0 aliphatic carbocycles. The van der Waals surface area contributed by atoms with Gasteiger partial charge in [0.25, 0.3) is 0 Å². The molecule has 1 aromatic carbocycles. The van der Waals surface area contributed by atoms with Gasteiger partial charge in [0.1, 0.15) is 6.10 Å². The van der Waals surface area contributed by atoms with E-state index in [-0.39, 0.29) is 5.75 Å². The van der Waals surface area contributed by atoms with Gasteiger partial charge in [-0.3, -0.25) is 4.79 Å². The zero-order chi connectivity index (χ0) is 17.0. The molecule has 23 heavy (non-hydrogen) atoms. The van der Waals surface area contributed by atoms with E-state index in [0.717, 1.165) is 12.1 Å². The number of ether oxygens (including phenoxy) is 1. The maximum absolute atomic E-state index is 13.3. The summed E-state index contributed by atoms with van der Waals surface area (Å²) in [5.41, 5.74) is 0.370. The highest BCUT2D eigenvalue weighted by molar-refractivity contribution is 8.00. The van der Waals surface area contributed by atoms with Crippen LogP contribution in [0.5, 0.6) is 0 Å². The van der Waals surface area contributed by atoms with Gasteiger partial charge in [-0.2, -0.15) is 13.2 Å². The molecule has 2 atom stereocenters. The molecule has 1 N–H and O–H groups in total. The molecule has 1 amide bonds. The zero-order valence-electron chi connectivity index (χ0n) is 11.8. The van der Waals surface area contributed by atoms with Gasteiger partial charge in [-0.1, -0.05) is 6.07 Å². The van der Waals surface area contributed by atoms with Crippen LogP contribution in [0.3, 0.4) is 0 Å². The average molecular weight is 355 g/mol. The molecular formula is C14H14F5NO2S. The first-order valence-electron chi connectivity index (χ1n) is 6.76. The highest BCUT2D eigenvalue weighted by Crippen LogP contribution is 2.30. The normalized spacial score (nSPS) is 21.4. The third-order valence-electron chi connectivity index (χ3n) is 3.21. The summed E-state index contributed by atoms with van der Waals surface area (Å²) in [5.74, 6) is -4.00. The first-order valence-corrected chi connectivity index (χ1v) is 7.92. The maximum atomic E-state index is 13.3. The summed E-state index contributed by atoms with van der Waals surface area (Å²) >= 11 is 0.466. The molecule has 0 radical (unpaired) electrons. The second kappa shape index (κ2) is 7.48. The molecule has 1 heterocycles. The number of carbonyl (C=O) groups is 1. The number of halogens is 5. The quantitative estimate of drug-likeness (QED) is 0.825. The average Bonchev–Trinajstić information content (AvgIpc) is 2.88. The maximum Gasteiger partial charge on any atom is 0.397 e. The summed E-state index contributed by atoms with van der Waals surface area (Å²) in [5, 5.41) is 2.58. The smallest absolute Gasteiger partial charge is 0.371 e. The SMILES string of the molecule is O=C(CSCC(F)(F)F)N[C@@H]1CCO[C@H]1c1ccc(F)c(F)c1. The molecule has 0 aromatic heterocycles. The van der Waals surface area contributed by atoms with Crippen molar-refractivity contribution in [1.82, 2.24) is 5.32 Å². The van der Waals surface area contributed by atoms with Crippen LogP contribution >= 0.6 is 11.8 Å². The van der Waals surface area contributed by atoms with Crippen LogP contribution in [0.4, 0.5) is 22.0 Å². The van der Waals surface area contributed by atoms with Crippen LogP contribution in [0, 0.1) is 11.6 Å². The van der Waals surface area contributed by atoms with E-state index in [1.807, 2.05) is 0 Å². The minimum atomic E-state index is -4.32. The van der Waals surface area contributed by atoms with E-state index in [9.17, 15) is 26.7 Å². The van der Waals surface area contributed by atoms with Crippen LogP contribution in [0.2, 0.25) is 0 Å². The van der Waals surface area contributed by atoms with E-state index in [0.29, 0.717) is 30.4 Å². The van der Waals surface area contributed by atoms with Crippen LogP contribution in [-0.4, -0.2) is 36.2 Å². The lowest BCUT2D eigenvalue weighted by Crippen LogP contribution is -2.38. The van der Waals surface area contributed by atoms with Gasteiger partial charge in [0.15, 0.2) is 11.6 Å². The summed E-state index contributed by atoms with van der Waals surface area (Å²) in [6.45, 7) is 0.310. The molecule has 3 nitrogen and oxygen atoms in total. The zero-order valence-corrected chi connectivity index (χ0v) is 12.6. The van der Waals surface area contributed by atoms with Crippen molar-refractivity contribution in [3.8, 4) is 0 Å². The Morgan fingerprint density at radius 1 is 1.30 bits per heavy atom. The third-order valence-corrected chi connectivity index (χ3v) is 4.21. The van der Waals surface area contributed by atoms with Crippen molar-refractivity contribution in [2.24, 2.45) is 0 Å². The monoisotopic (exact) mass is 355 g/mol. The Balaban J connectivity index is 1.91. The molecule has 1 aliphatic heterocycles. The van der Waals surface area contributed by atoms with Crippen molar-refractivity contribution in [2.45, 2.75) is 24.7 Å². The Hall–Kier alpha value is -1.35. The lowest BCUT2D eigenvalue weighted by molar-refractivity contribution is -0.119. The number of rotatable bonds is 5. The van der Waals surface area contributed by atoms with Crippen LogP contribution in [0.15, 0.2) is 18.2 Å². The Morgan fingerprint density at radius 3 is 2.70 bits per heavy atom. The first-order chi connectivity index (χ1) is 10.8. The third kappa shape index (κ3) is 5.35. The van der Waals surface area contributed by atoms with Crippen molar-refractivity contribution in [3.63, 3.8) is 0 Å². The van der Waals surface area contributed by atoms with Gasteiger partial charge in [0.2, 0.25) is 5.91 Å². The van der Waals surface area contributed by atoms with E-state index >= 15 is 0 Å². The molecule has 0 unspecified atom stereocenters. The topological polar surface area (TPSA) is 38.3 Å². The van der Waals surface area contributed by atoms with Crippen LogP contribution in [-0.2, 0) is 9.53 Å². The van der Waals surface area contributed by atoms with E-state index < -0.39 is 41.6 Å². The highest BCUT2D eigenvalue weighted by atomic mass is 32.2. The van der Waals surface area contributed by atoms with E-state index in [2.05, 4.69) is 5.32 Å². The van der Waals surface area contributed by atoms with Crippen LogP contribution in [0.25, 0.3) is 0 Å². The van der Waals surface area contributed by atoms with Gasteiger partial charge in [0, 0.05) is 6.61 Å². The van der Waals surface area contributed by atoms with Crippen LogP contribution < -0.4 is 5.32 Å². The number of benzene rings is 1. The summed E-state index contributed by atoms with van der Waals surface area (Å²) in [7, 11) is 0. The summed E-state index contributed by atoms with van der Waals surface area (Å²) in [4.78, 5) is 11.7. The Morgan fingerprint density at radius 2 is 2.04 bits per heavy atom. The molecule has 1 aromatic rings. The number of nitrogens with one attached hydrogen (secondary N) is 1. The highest BCUT2D eigenvalue weighted by Gasteiger charge is 2.32. The Labute approximate surface area is 133 Å².